The summed E-state index contributed by atoms with van der Waals surface area (Å²) in [6, 6.07) is 0.261. The predicted octanol–water partition coefficient (Wildman–Crippen LogP) is 1.31. The van der Waals surface area contributed by atoms with E-state index in [0.29, 0.717) is 16.8 Å². The van der Waals surface area contributed by atoms with Crippen LogP contribution in [0.2, 0.25) is 0 Å². The first-order chi connectivity index (χ1) is 7.89. The Morgan fingerprint density at radius 2 is 2.35 bits per heavy atom. The van der Waals surface area contributed by atoms with Gasteiger partial charge in [0.05, 0.1) is 6.20 Å². The molecule has 94 valence electrons. The molecule has 2 rings (SSSR count). The highest BCUT2D eigenvalue weighted by atomic mass is 16.1. The molecular weight excluding hydrogens is 216 g/mol. The molecule has 1 aliphatic carbocycles. The zero-order valence-electron chi connectivity index (χ0n) is 10.7. The molecule has 1 heterocycles. The highest BCUT2D eigenvalue weighted by Crippen LogP contribution is 2.37. The highest BCUT2D eigenvalue weighted by molar-refractivity contribution is 5.98. The van der Waals surface area contributed by atoms with Crippen molar-refractivity contribution in [2.45, 2.75) is 39.2 Å². The van der Waals surface area contributed by atoms with Gasteiger partial charge < -0.3 is 11.1 Å². The van der Waals surface area contributed by atoms with E-state index in [-0.39, 0.29) is 11.9 Å². The molecular formula is C12H20N4O. The fourth-order valence-corrected chi connectivity index (χ4v) is 2.44. The Balaban J connectivity index is 2.01. The van der Waals surface area contributed by atoms with Crippen molar-refractivity contribution < 1.29 is 4.79 Å². The number of carbonyl (C=O) groups excluding carboxylic acids is 1. The standard InChI is InChI=1S/C12H20N4O/c1-12(2)5-4-8(6-12)15-11(17)9-7-14-16(3)10(9)13/h7-8H,4-6,13H2,1-3H3,(H,15,17). The summed E-state index contributed by atoms with van der Waals surface area (Å²) in [5.74, 6) is 0.304. The Morgan fingerprint density at radius 3 is 2.82 bits per heavy atom. The van der Waals surface area contributed by atoms with Gasteiger partial charge in [0.25, 0.3) is 5.91 Å². The summed E-state index contributed by atoms with van der Waals surface area (Å²) in [5.41, 5.74) is 6.57. The van der Waals surface area contributed by atoms with Crippen LogP contribution < -0.4 is 11.1 Å². The summed E-state index contributed by atoms with van der Waals surface area (Å²) < 4.78 is 1.51. The highest BCUT2D eigenvalue weighted by Gasteiger charge is 2.32. The fraction of sp³-hybridized carbons (Fsp3) is 0.667. The normalized spacial score (nSPS) is 22.6. The molecule has 0 saturated heterocycles. The van der Waals surface area contributed by atoms with Crippen LogP contribution in [0, 0.1) is 5.41 Å². The third-order valence-corrected chi connectivity index (χ3v) is 3.53. The minimum absolute atomic E-state index is 0.113. The van der Waals surface area contributed by atoms with E-state index in [2.05, 4.69) is 24.3 Å². The number of rotatable bonds is 2. The van der Waals surface area contributed by atoms with Gasteiger partial charge in [-0.1, -0.05) is 13.8 Å². The summed E-state index contributed by atoms with van der Waals surface area (Å²) in [6.45, 7) is 4.47. The maximum Gasteiger partial charge on any atom is 0.256 e. The van der Waals surface area contributed by atoms with Crippen LogP contribution in [0.5, 0.6) is 0 Å². The number of anilines is 1. The summed E-state index contributed by atoms with van der Waals surface area (Å²) in [4.78, 5) is 12.0. The number of nitrogen functional groups attached to an aromatic ring is 1. The lowest BCUT2D eigenvalue weighted by molar-refractivity contribution is 0.0937. The van der Waals surface area contributed by atoms with Gasteiger partial charge in [0, 0.05) is 13.1 Å². The number of nitrogens with two attached hydrogens (primary N) is 1. The average molecular weight is 236 g/mol. The second-order valence-electron chi connectivity index (χ2n) is 5.64. The molecule has 1 aromatic rings. The van der Waals surface area contributed by atoms with E-state index in [1.165, 1.54) is 10.9 Å². The van der Waals surface area contributed by atoms with E-state index in [1.807, 2.05) is 0 Å². The number of aromatic nitrogens is 2. The van der Waals surface area contributed by atoms with Gasteiger partial charge in [-0.2, -0.15) is 5.10 Å². The molecule has 1 aromatic heterocycles. The van der Waals surface area contributed by atoms with Crippen LogP contribution in [0.15, 0.2) is 6.20 Å². The lowest BCUT2D eigenvalue weighted by atomic mass is 9.92. The maximum atomic E-state index is 12.0. The zero-order chi connectivity index (χ0) is 12.6. The molecule has 17 heavy (non-hydrogen) atoms. The molecule has 1 atom stereocenters. The van der Waals surface area contributed by atoms with Crippen LogP contribution in [0.25, 0.3) is 0 Å². The fourth-order valence-electron chi connectivity index (χ4n) is 2.44. The van der Waals surface area contributed by atoms with Gasteiger partial charge in [0.2, 0.25) is 0 Å². The Kier molecular flexibility index (Phi) is 2.85. The molecule has 1 saturated carbocycles. The number of amides is 1. The van der Waals surface area contributed by atoms with Crippen LogP contribution in [0.1, 0.15) is 43.5 Å². The summed E-state index contributed by atoms with van der Waals surface area (Å²) in [6.07, 6.45) is 4.74. The Morgan fingerprint density at radius 1 is 1.65 bits per heavy atom. The molecule has 0 radical (unpaired) electrons. The number of hydrogen-bond donors (Lipinski definition) is 2. The largest absolute Gasteiger partial charge is 0.383 e. The van der Waals surface area contributed by atoms with Crippen molar-refractivity contribution in [1.29, 1.82) is 0 Å². The molecule has 1 unspecified atom stereocenters. The molecule has 1 amide bonds. The van der Waals surface area contributed by atoms with Crippen molar-refractivity contribution in [2.24, 2.45) is 12.5 Å². The molecule has 0 spiro atoms. The first-order valence-corrected chi connectivity index (χ1v) is 5.97. The van der Waals surface area contributed by atoms with Gasteiger partial charge >= 0.3 is 0 Å². The topological polar surface area (TPSA) is 72.9 Å². The third-order valence-electron chi connectivity index (χ3n) is 3.53. The minimum atomic E-state index is -0.113. The van der Waals surface area contributed by atoms with Gasteiger partial charge in [0.1, 0.15) is 11.4 Å². The van der Waals surface area contributed by atoms with Crippen molar-refractivity contribution in [2.75, 3.05) is 5.73 Å². The molecule has 5 heteroatoms. The van der Waals surface area contributed by atoms with E-state index in [9.17, 15) is 4.79 Å². The number of nitrogens with zero attached hydrogens (tertiary/aromatic N) is 2. The molecule has 5 nitrogen and oxygen atoms in total. The Hall–Kier alpha value is -1.52. The average Bonchev–Trinajstić information content (AvgIpc) is 2.72. The maximum absolute atomic E-state index is 12.0. The molecule has 0 bridgehead atoms. The van der Waals surface area contributed by atoms with Gasteiger partial charge in [-0.05, 0) is 24.7 Å². The van der Waals surface area contributed by atoms with Crippen LogP contribution in [-0.4, -0.2) is 21.7 Å². The Bertz CT molecular complexity index is 436. The van der Waals surface area contributed by atoms with Gasteiger partial charge in [-0.25, -0.2) is 0 Å². The van der Waals surface area contributed by atoms with Crippen molar-refractivity contribution in [3.05, 3.63) is 11.8 Å². The number of aryl methyl sites for hydroxylation is 1. The first-order valence-electron chi connectivity index (χ1n) is 5.97. The summed E-state index contributed by atoms with van der Waals surface area (Å²) >= 11 is 0. The quantitative estimate of drug-likeness (QED) is 0.813. The zero-order valence-corrected chi connectivity index (χ0v) is 10.7. The second-order valence-corrected chi connectivity index (χ2v) is 5.64. The van der Waals surface area contributed by atoms with Crippen LogP contribution in [0.3, 0.4) is 0 Å². The van der Waals surface area contributed by atoms with Gasteiger partial charge in [-0.15, -0.1) is 0 Å². The van der Waals surface area contributed by atoms with Crippen molar-refractivity contribution in [3.8, 4) is 0 Å². The molecule has 3 N–H and O–H groups in total. The Labute approximate surface area is 101 Å². The van der Waals surface area contributed by atoms with E-state index in [0.717, 1.165) is 19.3 Å². The van der Waals surface area contributed by atoms with Crippen LogP contribution in [0.4, 0.5) is 5.82 Å². The van der Waals surface area contributed by atoms with Gasteiger partial charge in [-0.3, -0.25) is 9.48 Å². The van der Waals surface area contributed by atoms with Crippen molar-refractivity contribution >= 4 is 11.7 Å². The predicted molar refractivity (Wildman–Crippen MR) is 66.5 cm³/mol. The lowest BCUT2D eigenvalue weighted by Crippen LogP contribution is -2.33. The minimum Gasteiger partial charge on any atom is -0.383 e. The number of hydrogen-bond acceptors (Lipinski definition) is 3. The molecule has 1 fully saturated rings. The van der Waals surface area contributed by atoms with E-state index < -0.39 is 0 Å². The summed E-state index contributed by atoms with van der Waals surface area (Å²) in [5, 5.41) is 7.00. The number of nitrogens with one attached hydrogen (secondary N) is 1. The van der Waals surface area contributed by atoms with Crippen LogP contribution >= 0.6 is 0 Å². The van der Waals surface area contributed by atoms with E-state index in [1.54, 1.807) is 7.05 Å². The second kappa shape index (κ2) is 4.05. The SMILES string of the molecule is Cn1ncc(C(=O)NC2CCC(C)(C)C2)c1N. The first kappa shape index (κ1) is 12.0. The third kappa shape index (κ3) is 2.43. The molecule has 1 aliphatic rings. The molecule has 0 aromatic carbocycles. The van der Waals surface area contributed by atoms with E-state index in [4.69, 9.17) is 5.73 Å². The lowest BCUT2D eigenvalue weighted by Gasteiger charge is -2.17. The van der Waals surface area contributed by atoms with Crippen LogP contribution in [-0.2, 0) is 7.05 Å². The van der Waals surface area contributed by atoms with Crippen molar-refractivity contribution in [1.82, 2.24) is 15.1 Å². The smallest absolute Gasteiger partial charge is 0.256 e. The summed E-state index contributed by atoms with van der Waals surface area (Å²) in [7, 11) is 1.73. The van der Waals surface area contributed by atoms with Gasteiger partial charge in [0.15, 0.2) is 0 Å². The monoisotopic (exact) mass is 236 g/mol. The number of carbonyl (C=O) groups is 1. The van der Waals surface area contributed by atoms with E-state index >= 15 is 0 Å². The van der Waals surface area contributed by atoms with Crippen molar-refractivity contribution in [3.63, 3.8) is 0 Å². The molecule has 0 aliphatic heterocycles.